The van der Waals surface area contributed by atoms with Gasteiger partial charge in [-0.25, -0.2) is 14.3 Å². The lowest BCUT2D eigenvalue weighted by molar-refractivity contribution is -0.142. The first-order valence-corrected chi connectivity index (χ1v) is 13.8. The summed E-state index contributed by atoms with van der Waals surface area (Å²) in [6.07, 6.45) is -1.34. The Morgan fingerprint density at radius 3 is 2.55 bits per heavy atom. The van der Waals surface area contributed by atoms with Gasteiger partial charge >= 0.3 is 12.1 Å². The fraction of sp³-hybridized carbons (Fsp3) is 0.379. The first-order valence-electron chi connectivity index (χ1n) is 13.0. The maximum atomic E-state index is 14.0. The van der Waals surface area contributed by atoms with Crippen LogP contribution in [0.4, 0.5) is 18.2 Å². The molecular formula is C29H29F3N4O3S. The Hall–Kier alpha value is -3.73. The summed E-state index contributed by atoms with van der Waals surface area (Å²) in [6, 6.07) is 9.32. The Morgan fingerprint density at radius 2 is 1.90 bits per heavy atom. The van der Waals surface area contributed by atoms with Crippen LogP contribution in [0.15, 0.2) is 42.6 Å². The zero-order valence-electron chi connectivity index (χ0n) is 22.6. The molecule has 1 N–H and O–H groups in total. The van der Waals surface area contributed by atoms with E-state index in [1.54, 1.807) is 37.3 Å². The summed E-state index contributed by atoms with van der Waals surface area (Å²) >= 11 is 1.31. The number of hydrogen-bond acceptors (Lipinski definition) is 6. The van der Waals surface area contributed by atoms with Gasteiger partial charge in [-0.2, -0.15) is 18.3 Å². The largest absolute Gasteiger partial charge is 0.462 e. The van der Waals surface area contributed by atoms with Gasteiger partial charge in [-0.3, -0.25) is 4.79 Å². The van der Waals surface area contributed by atoms with Crippen molar-refractivity contribution in [3.8, 4) is 11.3 Å². The number of anilines is 1. The molecule has 0 aliphatic heterocycles. The maximum absolute atomic E-state index is 14.0. The summed E-state index contributed by atoms with van der Waals surface area (Å²) in [5.74, 6) is -0.844. The van der Waals surface area contributed by atoms with Gasteiger partial charge < -0.3 is 10.1 Å². The zero-order chi connectivity index (χ0) is 28.8. The molecule has 1 aromatic carbocycles. The van der Waals surface area contributed by atoms with Gasteiger partial charge in [-0.05, 0) is 49.1 Å². The highest BCUT2D eigenvalue weighted by molar-refractivity contribution is 7.17. The van der Waals surface area contributed by atoms with Crippen LogP contribution in [0, 0.1) is 11.3 Å². The molecule has 1 atom stereocenters. The second-order valence-corrected chi connectivity index (χ2v) is 12.0. The van der Waals surface area contributed by atoms with E-state index in [-0.39, 0.29) is 28.9 Å². The van der Waals surface area contributed by atoms with Crippen LogP contribution in [0.25, 0.3) is 16.9 Å². The van der Waals surface area contributed by atoms with Crippen LogP contribution in [0.2, 0.25) is 0 Å². The van der Waals surface area contributed by atoms with Crippen LogP contribution >= 0.6 is 11.3 Å². The van der Waals surface area contributed by atoms with Crippen LogP contribution < -0.4 is 5.32 Å². The lowest BCUT2D eigenvalue weighted by Crippen LogP contribution is -2.26. The van der Waals surface area contributed by atoms with E-state index in [2.05, 4.69) is 36.2 Å². The first kappa shape index (κ1) is 27.8. The number of aromatic nitrogens is 3. The van der Waals surface area contributed by atoms with Crippen molar-refractivity contribution in [1.82, 2.24) is 14.6 Å². The SMILES string of the molecule is CCOC(=O)c1c(NC(=O)c2cnn3c(C(F)(F)F)cc(-c4ccccc4)nc23)sc2c1CC[C@H](C(C)(C)C)C2. The molecule has 5 rings (SSSR count). The minimum absolute atomic E-state index is 0.0574. The van der Waals surface area contributed by atoms with E-state index in [1.807, 2.05) is 0 Å². The smallest absolute Gasteiger partial charge is 0.433 e. The van der Waals surface area contributed by atoms with Crippen molar-refractivity contribution in [2.45, 2.75) is 53.1 Å². The van der Waals surface area contributed by atoms with E-state index in [0.29, 0.717) is 33.0 Å². The predicted octanol–water partition coefficient (Wildman–Crippen LogP) is 7.06. The minimum atomic E-state index is -4.74. The van der Waals surface area contributed by atoms with Crippen molar-refractivity contribution in [1.29, 1.82) is 0 Å². The summed E-state index contributed by atoms with van der Waals surface area (Å²) in [5, 5.41) is 6.95. The van der Waals surface area contributed by atoms with Crippen molar-refractivity contribution in [2.75, 3.05) is 11.9 Å². The van der Waals surface area contributed by atoms with Gasteiger partial charge in [0.15, 0.2) is 11.3 Å². The Bertz CT molecular complexity index is 1590. The van der Waals surface area contributed by atoms with Crippen LogP contribution in [0.1, 0.15) is 71.0 Å². The second-order valence-electron chi connectivity index (χ2n) is 10.9. The fourth-order valence-electron chi connectivity index (χ4n) is 5.08. The molecule has 0 bridgehead atoms. The number of carbonyl (C=O) groups excluding carboxylic acids is 2. The Morgan fingerprint density at radius 1 is 1.18 bits per heavy atom. The average Bonchev–Trinajstić information content (AvgIpc) is 3.48. The van der Waals surface area contributed by atoms with Gasteiger partial charge in [-0.1, -0.05) is 51.1 Å². The van der Waals surface area contributed by atoms with Crippen LogP contribution in [-0.4, -0.2) is 33.1 Å². The number of hydrogen-bond donors (Lipinski definition) is 1. The lowest BCUT2D eigenvalue weighted by Gasteiger charge is -2.33. The third-order valence-electron chi connectivity index (χ3n) is 7.27. The molecule has 1 aliphatic carbocycles. The van der Waals surface area contributed by atoms with E-state index in [1.165, 1.54) is 11.3 Å². The maximum Gasteiger partial charge on any atom is 0.433 e. The van der Waals surface area contributed by atoms with Gasteiger partial charge in [0.1, 0.15) is 10.6 Å². The molecule has 0 saturated carbocycles. The van der Waals surface area contributed by atoms with Gasteiger partial charge in [0.25, 0.3) is 5.91 Å². The molecule has 40 heavy (non-hydrogen) atoms. The van der Waals surface area contributed by atoms with Crippen molar-refractivity contribution in [3.05, 3.63) is 69.9 Å². The molecule has 11 heteroatoms. The molecule has 3 aromatic heterocycles. The molecule has 1 aliphatic rings. The van der Waals surface area contributed by atoms with E-state index >= 15 is 0 Å². The lowest BCUT2D eigenvalue weighted by atomic mass is 9.72. The van der Waals surface area contributed by atoms with Crippen molar-refractivity contribution in [3.63, 3.8) is 0 Å². The topological polar surface area (TPSA) is 85.6 Å². The van der Waals surface area contributed by atoms with Gasteiger partial charge in [0.2, 0.25) is 0 Å². The van der Waals surface area contributed by atoms with Crippen molar-refractivity contribution >= 4 is 33.9 Å². The Kier molecular flexibility index (Phi) is 7.20. The molecule has 3 heterocycles. The van der Waals surface area contributed by atoms with Crippen LogP contribution in [0.5, 0.6) is 0 Å². The molecule has 1 amide bonds. The molecule has 0 saturated heterocycles. The summed E-state index contributed by atoms with van der Waals surface area (Å²) in [6.45, 7) is 8.42. The number of halogens is 3. The summed E-state index contributed by atoms with van der Waals surface area (Å²) in [4.78, 5) is 31.9. The second kappa shape index (κ2) is 10.3. The number of esters is 1. The monoisotopic (exact) mass is 570 g/mol. The van der Waals surface area contributed by atoms with Crippen LogP contribution in [0.3, 0.4) is 0 Å². The predicted molar refractivity (Wildman–Crippen MR) is 147 cm³/mol. The molecule has 7 nitrogen and oxygen atoms in total. The highest BCUT2D eigenvalue weighted by Gasteiger charge is 2.37. The standard InChI is InChI=1S/C29H29F3N4O3S/c1-5-39-27(38)23-18-12-11-17(28(2,3)4)13-21(18)40-26(23)35-25(37)19-15-33-36-22(29(30,31)32)14-20(34-24(19)36)16-9-7-6-8-10-16/h6-10,14-15,17H,5,11-13H2,1-4H3,(H,35,37)/t17-/m0/s1. The fourth-order valence-corrected chi connectivity index (χ4v) is 6.40. The quantitative estimate of drug-likeness (QED) is 0.260. The summed E-state index contributed by atoms with van der Waals surface area (Å²) < 4.78 is 47.9. The van der Waals surface area contributed by atoms with E-state index in [0.717, 1.165) is 35.5 Å². The first-order chi connectivity index (χ1) is 18.9. The third kappa shape index (κ3) is 5.22. The zero-order valence-corrected chi connectivity index (χ0v) is 23.4. The van der Waals surface area contributed by atoms with Crippen LogP contribution in [-0.2, 0) is 23.8 Å². The number of fused-ring (bicyclic) bond motifs is 2. The van der Waals surface area contributed by atoms with E-state index in [4.69, 9.17) is 4.74 Å². The number of carbonyl (C=O) groups is 2. The Labute approximate surface area is 233 Å². The number of nitrogens with zero attached hydrogens (tertiary/aromatic N) is 3. The van der Waals surface area contributed by atoms with Gasteiger partial charge in [0.05, 0.1) is 24.1 Å². The Balaban J connectivity index is 1.57. The number of thiophene rings is 1. The average molecular weight is 571 g/mol. The number of benzene rings is 1. The number of rotatable bonds is 5. The summed E-state index contributed by atoms with van der Waals surface area (Å²) in [7, 11) is 0. The number of nitrogens with one attached hydrogen (secondary N) is 1. The summed E-state index contributed by atoms with van der Waals surface area (Å²) in [5.41, 5.74) is 0.340. The third-order valence-corrected chi connectivity index (χ3v) is 8.44. The highest BCUT2D eigenvalue weighted by atomic mass is 32.1. The number of amides is 1. The normalized spacial score (nSPS) is 15.6. The van der Waals surface area contributed by atoms with Gasteiger partial charge in [0, 0.05) is 10.4 Å². The van der Waals surface area contributed by atoms with Crippen molar-refractivity contribution in [2.24, 2.45) is 11.3 Å². The van der Waals surface area contributed by atoms with Gasteiger partial charge in [-0.15, -0.1) is 11.3 Å². The van der Waals surface area contributed by atoms with Crippen molar-refractivity contribution < 1.29 is 27.5 Å². The molecule has 4 aromatic rings. The van der Waals surface area contributed by atoms with E-state index in [9.17, 15) is 22.8 Å². The molecule has 0 spiro atoms. The molecule has 0 fully saturated rings. The number of ether oxygens (including phenoxy) is 1. The molecule has 0 unspecified atom stereocenters. The molecular weight excluding hydrogens is 541 g/mol. The molecule has 0 radical (unpaired) electrons. The van der Waals surface area contributed by atoms with E-state index < -0.39 is 23.7 Å². The number of alkyl halides is 3. The highest BCUT2D eigenvalue weighted by Crippen LogP contribution is 2.44. The molecule has 210 valence electrons. The minimum Gasteiger partial charge on any atom is -0.462 e.